The third kappa shape index (κ3) is 6.15. The first-order valence-corrected chi connectivity index (χ1v) is 12.1. The monoisotopic (exact) mass is 522 g/mol. The number of benzene rings is 1. The van der Waals surface area contributed by atoms with Crippen LogP contribution in [-0.2, 0) is 33.2 Å². The molecule has 1 saturated heterocycles. The second-order valence-corrected chi connectivity index (χ2v) is 10.1. The summed E-state index contributed by atoms with van der Waals surface area (Å²) >= 11 is 0. The Hall–Kier alpha value is -2.30. The molecule has 11 heteroatoms. The van der Waals surface area contributed by atoms with Gasteiger partial charge in [-0.25, -0.2) is 0 Å². The maximum atomic E-state index is 13.4. The Morgan fingerprint density at radius 2 is 1.56 bits per heavy atom. The fraction of sp³-hybridized carbons (Fsp3) is 0.680. The third-order valence-electron chi connectivity index (χ3n) is 7.52. The first kappa shape index (κ1) is 28.3. The highest BCUT2D eigenvalue weighted by Crippen LogP contribution is 2.47. The highest BCUT2D eigenvalue weighted by Gasteiger charge is 2.50. The van der Waals surface area contributed by atoms with E-state index in [-0.39, 0.29) is 35.5 Å². The summed E-state index contributed by atoms with van der Waals surface area (Å²) in [4.78, 5) is 27.7. The molecule has 2 unspecified atom stereocenters. The number of alkyl halides is 6. The van der Waals surface area contributed by atoms with E-state index in [0.29, 0.717) is 57.5 Å². The summed E-state index contributed by atoms with van der Waals surface area (Å²) in [5.74, 6) is -0.671. The second-order valence-electron chi connectivity index (χ2n) is 10.1. The maximum Gasteiger partial charge on any atom is 0.416 e. The van der Waals surface area contributed by atoms with Crippen molar-refractivity contribution in [2.24, 2.45) is 11.3 Å². The van der Waals surface area contributed by atoms with Crippen LogP contribution in [0.3, 0.4) is 0 Å². The van der Waals surface area contributed by atoms with Gasteiger partial charge >= 0.3 is 12.4 Å². The van der Waals surface area contributed by atoms with E-state index in [1.165, 1.54) is 6.92 Å². The lowest BCUT2D eigenvalue weighted by molar-refractivity contribution is -0.143. The second kappa shape index (κ2) is 10.6. The van der Waals surface area contributed by atoms with Gasteiger partial charge < -0.3 is 15.0 Å². The highest BCUT2D eigenvalue weighted by atomic mass is 19.4. The van der Waals surface area contributed by atoms with Gasteiger partial charge in [0.25, 0.3) is 0 Å². The van der Waals surface area contributed by atoms with Gasteiger partial charge in [-0.05, 0) is 61.8 Å². The van der Waals surface area contributed by atoms with Crippen LogP contribution in [0.1, 0.15) is 69.6 Å². The van der Waals surface area contributed by atoms with Gasteiger partial charge in [0.1, 0.15) is 0 Å². The standard InChI is InChI=1S/C25H32F6N2O3/c1-15(2)23(7-4-21(13-23)33(16(3)34)20-5-8-36-9-6-20)22(35)32-14-17-10-18(24(26,27)28)12-19(11-17)25(29,30)31/h10-12,15,20-21H,4-9,13-14H2,1-3H3,(H,32,35). The van der Waals surface area contributed by atoms with Crippen molar-refractivity contribution < 1.29 is 40.7 Å². The van der Waals surface area contributed by atoms with Gasteiger partial charge in [-0.3, -0.25) is 9.59 Å². The topological polar surface area (TPSA) is 58.6 Å². The van der Waals surface area contributed by atoms with Gasteiger partial charge in [-0.1, -0.05) is 13.8 Å². The van der Waals surface area contributed by atoms with Gasteiger partial charge in [-0.15, -0.1) is 0 Å². The normalized spacial score (nSPS) is 23.7. The lowest BCUT2D eigenvalue weighted by Gasteiger charge is -2.39. The molecular formula is C25H32F6N2O3. The van der Waals surface area contributed by atoms with E-state index in [1.807, 2.05) is 18.7 Å². The molecule has 2 aliphatic rings. The van der Waals surface area contributed by atoms with Gasteiger partial charge in [0.05, 0.1) is 16.5 Å². The third-order valence-corrected chi connectivity index (χ3v) is 7.52. The summed E-state index contributed by atoms with van der Waals surface area (Å²) in [5, 5.41) is 2.59. The molecule has 0 radical (unpaired) electrons. The minimum Gasteiger partial charge on any atom is -0.381 e. The molecule has 1 saturated carbocycles. The molecule has 0 spiro atoms. The Morgan fingerprint density at radius 3 is 2.03 bits per heavy atom. The molecule has 1 aliphatic heterocycles. The number of halogens is 6. The van der Waals surface area contributed by atoms with Crippen LogP contribution in [0.25, 0.3) is 0 Å². The quantitative estimate of drug-likeness (QED) is 0.498. The Kier molecular flexibility index (Phi) is 8.32. The number of amides is 2. The molecule has 1 aliphatic carbocycles. The van der Waals surface area contributed by atoms with E-state index in [1.54, 1.807) is 0 Å². The number of hydrogen-bond donors (Lipinski definition) is 1. The van der Waals surface area contributed by atoms with Crippen molar-refractivity contribution >= 4 is 11.8 Å². The minimum absolute atomic E-state index is 0.0122. The molecular weight excluding hydrogens is 490 g/mol. The first-order chi connectivity index (χ1) is 16.6. The van der Waals surface area contributed by atoms with E-state index in [4.69, 9.17) is 4.74 Å². The summed E-state index contributed by atoms with van der Waals surface area (Å²) in [6.07, 6.45) is -7.09. The van der Waals surface area contributed by atoms with Crippen molar-refractivity contribution in [3.63, 3.8) is 0 Å². The number of carbonyl (C=O) groups is 2. The van der Waals surface area contributed by atoms with Crippen LogP contribution in [0, 0.1) is 11.3 Å². The molecule has 1 aromatic rings. The number of nitrogens with zero attached hydrogens (tertiary/aromatic N) is 1. The molecule has 2 atom stereocenters. The average Bonchev–Trinajstić information content (AvgIpc) is 3.23. The van der Waals surface area contributed by atoms with E-state index in [9.17, 15) is 35.9 Å². The summed E-state index contributed by atoms with van der Waals surface area (Å²) in [6, 6.07) is 1.15. The summed E-state index contributed by atoms with van der Waals surface area (Å²) in [6.45, 7) is 5.85. The molecule has 0 bridgehead atoms. The molecule has 2 amide bonds. The minimum atomic E-state index is -4.96. The molecule has 3 rings (SSSR count). The number of hydrogen-bond acceptors (Lipinski definition) is 3. The zero-order chi connectivity index (χ0) is 26.9. The van der Waals surface area contributed by atoms with Crippen molar-refractivity contribution in [1.82, 2.24) is 10.2 Å². The highest BCUT2D eigenvalue weighted by molar-refractivity contribution is 5.83. The maximum absolute atomic E-state index is 13.4. The van der Waals surface area contributed by atoms with Crippen LogP contribution in [0.5, 0.6) is 0 Å². The first-order valence-electron chi connectivity index (χ1n) is 12.1. The molecule has 1 N–H and O–H groups in total. The predicted molar refractivity (Wildman–Crippen MR) is 120 cm³/mol. The number of carbonyl (C=O) groups excluding carboxylic acids is 2. The summed E-state index contributed by atoms with van der Waals surface area (Å²) in [5.41, 5.74) is -4.02. The van der Waals surface area contributed by atoms with Crippen LogP contribution >= 0.6 is 0 Å². The number of ether oxygens (including phenoxy) is 1. The van der Waals surface area contributed by atoms with E-state index in [0.717, 1.165) is 0 Å². The molecule has 202 valence electrons. The lowest BCUT2D eigenvalue weighted by atomic mass is 9.74. The van der Waals surface area contributed by atoms with Crippen molar-refractivity contribution in [3.05, 3.63) is 34.9 Å². The zero-order valence-corrected chi connectivity index (χ0v) is 20.6. The fourth-order valence-corrected chi connectivity index (χ4v) is 5.53. The van der Waals surface area contributed by atoms with Gasteiger partial charge in [0.2, 0.25) is 11.8 Å². The van der Waals surface area contributed by atoms with Crippen molar-refractivity contribution in [2.45, 2.75) is 83.9 Å². The number of rotatable bonds is 6. The average molecular weight is 523 g/mol. The molecule has 5 nitrogen and oxygen atoms in total. The smallest absolute Gasteiger partial charge is 0.381 e. The van der Waals surface area contributed by atoms with Crippen LogP contribution in [-0.4, -0.2) is 42.0 Å². The molecule has 1 heterocycles. The van der Waals surface area contributed by atoms with Gasteiger partial charge in [0.15, 0.2) is 0 Å². The van der Waals surface area contributed by atoms with Crippen LogP contribution < -0.4 is 5.32 Å². The largest absolute Gasteiger partial charge is 0.416 e. The summed E-state index contributed by atoms with van der Waals surface area (Å²) in [7, 11) is 0. The Balaban J connectivity index is 1.79. The predicted octanol–water partition coefficient (Wildman–Crippen LogP) is 5.56. The van der Waals surface area contributed by atoms with Crippen LogP contribution in [0.4, 0.5) is 26.3 Å². The lowest BCUT2D eigenvalue weighted by Crippen LogP contribution is -2.49. The van der Waals surface area contributed by atoms with Crippen molar-refractivity contribution in [3.8, 4) is 0 Å². The Bertz CT molecular complexity index is 924. The molecule has 1 aromatic carbocycles. The molecule has 36 heavy (non-hydrogen) atoms. The van der Waals surface area contributed by atoms with E-state index in [2.05, 4.69) is 5.32 Å². The van der Waals surface area contributed by atoms with Crippen LogP contribution in [0.15, 0.2) is 18.2 Å². The van der Waals surface area contributed by atoms with E-state index < -0.39 is 41.3 Å². The SMILES string of the molecule is CC(=O)N(C1CCOCC1)C1CCC(C(=O)NCc2cc(C(F)(F)F)cc(C(F)(F)F)c2)(C(C)C)C1. The van der Waals surface area contributed by atoms with Crippen molar-refractivity contribution in [1.29, 1.82) is 0 Å². The van der Waals surface area contributed by atoms with Crippen LogP contribution in [0.2, 0.25) is 0 Å². The van der Waals surface area contributed by atoms with Gasteiger partial charge in [-0.2, -0.15) is 26.3 Å². The fourth-order valence-electron chi connectivity index (χ4n) is 5.53. The van der Waals surface area contributed by atoms with E-state index >= 15 is 0 Å². The number of nitrogens with one attached hydrogen (secondary N) is 1. The van der Waals surface area contributed by atoms with Crippen molar-refractivity contribution in [2.75, 3.05) is 13.2 Å². The molecule has 2 fully saturated rings. The Morgan fingerprint density at radius 1 is 1.00 bits per heavy atom. The zero-order valence-electron chi connectivity index (χ0n) is 20.6. The molecule has 0 aromatic heterocycles. The summed E-state index contributed by atoms with van der Waals surface area (Å²) < 4.78 is 84.5. The Labute approximate surface area is 206 Å². The van der Waals surface area contributed by atoms with Gasteiger partial charge in [0, 0.05) is 38.8 Å².